The van der Waals surface area contributed by atoms with E-state index in [1.807, 2.05) is 50.2 Å². The molecule has 116 valence electrons. The first-order chi connectivity index (χ1) is 10.5. The lowest BCUT2D eigenvalue weighted by atomic mass is 10.3. The van der Waals surface area contributed by atoms with Gasteiger partial charge in [-0.25, -0.2) is 4.98 Å². The second-order valence-electron chi connectivity index (χ2n) is 4.63. The number of amides is 1. The van der Waals surface area contributed by atoms with Crippen LogP contribution in [0.5, 0.6) is 0 Å². The van der Waals surface area contributed by atoms with E-state index in [1.54, 1.807) is 11.1 Å². The molecule has 0 fully saturated rings. The Kier molecular flexibility index (Phi) is 6.29. The van der Waals surface area contributed by atoms with Gasteiger partial charge in [-0.2, -0.15) is 0 Å². The third kappa shape index (κ3) is 4.48. The zero-order chi connectivity index (χ0) is 16.1. The summed E-state index contributed by atoms with van der Waals surface area (Å²) in [5.74, 6) is 0.705. The van der Waals surface area contributed by atoms with Gasteiger partial charge in [0.25, 0.3) is 0 Å². The molecule has 6 heteroatoms. The number of hydrogen-bond acceptors (Lipinski definition) is 3. The third-order valence-electron chi connectivity index (χ3n) is 3.04. The van der Waals surface area contributed by atoms with Crippen LogP contribution in [0.3, 0.4) is 0 Å². The zero-order valence-corrected chi connectivity index (χ0v) is 15.5. The van der Waals surface area contributed by atoms with Crippen LogP contribution in [0, 0.1) is 0 Å². The Morgan fingerprint density at radius 3 is 2.55 bits per heavy atom. The van der Waals surface area contributed by atoms with Gasteiger partial charge >= 0.3 is 0 Å². The Morgan fingerprint density at radius 2 is 2.00 bits per heavy atom. The summed E-state index contributed by atoms with van der Waals surface area (Å²) in [6, 6.07) is 11.2. The predicted octanol–water partition coefficient (Wildman–Crippen LogP) is 5.03. The predicted molar refractivity (Wildman–Crippen MR) is 96.7 cm³/mol. The molecule has 0 aliphatic heterocycles. The van der Waals surface area contributed by atoms with Gasteiger partial charge in [-0.1, -0.05) is 11.6 Å². The van der Waals surface area contributed by atoms with Crippen LogP contribution in [0.2, 0.25) is 5.02 Å². The molecule has 1 aromatic heterocycles. The number of aromatic nitrogens is 1. The van der Waals surface area contributed by atoms with E-state index >= 15 is 0 Å². The van der Waals surface area contributed by atoms with Gasteiger partial charge in [0, 0.05) is 27.1 Å². The second kappa shape index (κ2) is 7.99. The van der Waals surface area contributed by atoms with Crippen LogP contribution < -0.4 is 4.90 Å². The number of thioether (sulfide) groups is 1. The number of hydrogen-bond donors (Lipinski definition) is 0. The van der Waals surface area contributed by atoms with Gasteiger partial charge in [-0.05, 0) is 66.2 Å². The average Bonchev–Trinajstić information content (AvgIpc) is 2.52. The van der Waals surface area contributed by atoms with E-state index in [0.29, 0.717) is 17.4 Å². The number of benzene rings is 1. The van der Waals surface area contributed by atoms with Crippen molar-refractivity contribution in [1.82, 2.24) is 4.98 Å². The molecule has 0 bridgehead atoms. The molecule has 0 saturated carbocycles. The molecule has 1 heterocycles. The van der Waals surface area contributed by atoms with E-state index in [2.05, 4.69) is 20.9 Å². The van der Waals surface area contributed by atoms with Gasteiger partial charge < -0.3 is 0 Å². The highest BCUT2D eigenvalue weighted by Gasteiger charge is 2.22. The van der Waals surface area contributed by atoms with Gasteiger partial charge in [-0.15, -0.1) is 11.8 Å². The molecular formula is C16H16BrClN2OS. The first-order valence-electron chi connectivity index (χ1n) is 6.86. The van der Waals surface area contributed by atoms with E-state index < -0.39 is 0 Å². The molecular weight excluding hydrogens is 384 g/mol. The lowest BCUT2D eigenvalue weighted by molar-refractivity contribution is -0.117. The van der Waals surface area contributed by atoms with E-state index in [4.69, 9.17) is 11.6 Å². The standard InChI is InChI=1S/C16H16BrClN2OS/c1-3-20(15-9-4-12(17)10-19-15)16(21)11(2)22-14-7-5-13(18)6-8-14/h4-11H,3H2,1-2H3. The third-order valence-corrected chi connectivity index (χ3v) is 4.87. The fraction of sp³-hybridized carbons (Fsp3) is 0.250. The first kappa shape index (κ1) is 17.3. The Labute approximate surface area is 148 Å². The van der Waals surface area contributed by atoms with Crippen LogP contribution in [0.1, 0.15) is 13.8 Å². The van der Waals surface area contributed by atoms with Crippen LogP contribution >= 0.6 is 39.3 Å². The minimum Gasteiger partial charge on any atom is -0.296 e. The van der Waals surface area contributed by atoms with Crippen molar-refractivity contribution < 1.29 is 4.79 Å². The normalized spacial score (nSPS) is 12.0. The highest BCUT2D eigenvalue weighted by molar-refractivity contribution is 9.10. The number of carbonyl (C=O) groups excluding carboxylic acids is 1. The minimum atomic E-state index is -0.202. The quantitative estimate of drug-likeness (QED) is 0.661. The molecule has 1 unspecified atom stereocenters. The molecule has 0 radical (unpaired) electrons. The van der Waals surface area contributed by atoms with Gasteiger partial charge in [0.05, 0.1) is 5.25 Å². The number of carbonyl (C=O) groups is 1. The van der Waals surface area contributed by atoms with Gasteiger partial charge in [0.15, 0.2) is 0 Å². The Morgan fingerprint density at radius 1 is 1.32 bits per heavy atom. The van der Waals surface area contributed by atoms with Crippen LogP contribution in [0.15, 0.2) is 52.0 Å². The largest absolute Gasteiger partial charge is 0.296 e. The van der Waals surface area contributed by atoms with Gasteiger partial charge in [0.2, 0.25) is 5.91 Å². The molecule has 0 aliphatic rings. The summed E-state index contributed by atoms with van der Waals surface area (Å²) in [7, 11) is 0. The van der Waals surface area contributed by atoms with Crippen molar-refractivity contribution in [1.29, 1.82) is 0 Å². The molecule has 1 amide bonds. The summed E-state index contributed by atoms with van der Waals surface area (Å²) in [4.78, 5) is 19.7. The van der Waals surface area contributed by atoms with E-state index in [-0.39, 0.29) is 11.2 Å². The summed E-state index contributed by atoms with van der Waals surface area (Å²) < 4.78 is 0.892. The molecule has 22 heavy (non-hydrogen) atoms. The fourth-order valence-electron chi connectivity index (χ4n) is 1.95. The maximum atomic E-state index is 12.7. The fourth-order valence-corrected chi connectivity index (χ4v) is 3.24. The Balaban J connectivity index is 2.10. The van der Waals surface area contributed by atoms with Gasteiger partial charge in [0.1, 0.15) is 5.82 Å². The van der Waals surface area contributed by atoms with Crippen molar-refractivity contribution in [2.45, 2.75) is 24.0 Å². The maximum Gasteiger partial charge on any atom is 0.241 e. The van der Waals surface area contributed by atoms with Crippen molar-refractivity contribution in [3.63, 3.8) is 0 Å². The zero-order valence-electron chi connectivity index (χ0n) is 12.3. The monoisotopic (exact) mass is 398 g/mol. The number of halogens is 2. The molecule has 2 rings (SSSR count). The summed E-state index contributed by atoms with van der Waals surface area (Å²) in [6.07, 6.45) is 1.70. The van der Waals surface area contributed by atoms with Gasteiger partial charge in [-0.3, -0.25) is 9.69 Å². The lowest BCUT2D eigenvalue weighted by Crippen LogP contribution is -2.37. The summed E-state index contributed by atoms with van der Waals surface area (Å²) in [5.41, 5.74) is 0. The summed E-state index contributed by atoms with van der Waals surface area (Å²) in [5, 5.41) is 0.490. The van der Waals surface area contributed by atoms with Crippen molar-refractivity contribution in [3.05, 3.63) is 52.1 Å². The molecule has 0 aliphatic carbocycles. The highest BCUT2D eigenvalue weighted by Crippen LogP contribution is 2.27. The average molecular weight is 400 g/mol. The molecule has 0 N–H and O–H groups in total. The van der Waals surface area contributed by atoms with Crippen LogP contribution in [-0.2, 0) is 4.79 Å². The second-order valence-corrected chi connectivity index (χ2v) is 7.40. The smallest absolute Gasteiger partial charge is 0.241 e. The van der Waals surface area contributed by atoms with Crippen LogP contribution in [0.4, 0.5) is 5.82 Å². The topological polar surface area (TPSA) is 33.2 Å². The summed E-state index contributed by atoms with van der Waals surface area (Å²) >= 11 is 10.7. The molecule has 1 atom stereocenters. The number of pyridine rings is 1. The first-order valence-corrected chi connectivity index (χ1v) is 8.91. The van der Waals surface area contributed by atoms with Crippen molar-refractivity contribution >= 4 is 51.0 Å². The number of anilines is 1. The number of rotatable bonds is 5. The maximum absolute atomic E-state index is 12.7. The summed E-state index contributed by atoms with van der Waals surface area (Å²) in [6.45, 7) is 4.43. The van der Waals surface area contributed by atoms with E-state index in [0.717, 1.165) is 9.37 Å². The highest BCUT2D eigenvalue weighted by atomic mass is 79.9. The molecule has 2 aromatic rings. The Hall–Kier alpha value is -1.04. The van der Waals surface area contributed by atoms with Crippen LogP contribution in [0.25, 0.3) is 0 Å². The molecule has 1 aromatic carbocycles. The lowest BCUT2D eigenvalue weighted by Gasteiger charge is -2.23. The van der Waals surface area contributed by atoms with Crippen molar-refractivity contribution in [3.8, 4) is 0 Å². The molecule has 3 nitrogen and oxygen atoms in total. The van der Waals surface area contributed by atoms with Crippen molar-refractivity contribution in [2.24, 2.45) is 0 Å². The van der Waals surface area contributed by atoms with Crippen LogP contribution in [-0.4, -0.2) is 22.7 Å². The number of nitrogens with zero attached hydrogens (tertiary/aromatic N) is 2. The molecule has 0 spiro atoms. The molecule has 0 saturated heterocycles. The Bertz CT molecular complexity index is 634. The minimum absolute atomic E-state index is 0.0391. The van der Waals surface area contributed by atoms with E-state index in [9.17, 15) is 4.79 Å². The van der Waals surface area contributed by atoms with Crippen molar-refractivity contribution in [2.75, 3.05) is 11.4 Å². The SMILES string of the molecule is CCN(C(=O)C(C)Sc1ccc(Cl)cc1)c1ccc(Br)cn1. The van der Waals surface area contributed by atoms with E-state index in [1.165, 1.54) is 11.8 Å².